The summed E-state index contributed by atoms with van der Waals surface area (Å²) in [6.45, 7) is 1.76. The van der Waals surface area contributed by atoms with Gasteiger partial charge in [0, 0.05) is 31.9 Å². The number of nitrogens with one attached hydrogen (secondary N) is 1. The first-order valence-corrected chi connectivity index (χ1v) is 11.3. The highest BCUT2D eigenvalue weighted by Crippen LogP contribution is 2.25. The molecule has 0 bridgehead atoms. The Hall–Kier alpha value is -2.29. The van der Waals surface area contributed by atoms with Crippen LogP contribution < -0.4 is 5.32 Å². The first kappa shape index (κ1) is 20.0. The molecule has 1 saturated heterocycles. The molecule has 2 aliphatic rings. The maximum atomic E-state index is 13.1. The van der Waals surface area contributed by atoms with E-state index in [1.54, 1.807) is 0 Å². The summed E-state index contributed by atoms with van der Waals surface area (Å²) in [5.41, 5.74) is 3.48. The molecule has 2 aromatic carbocycles. The van der Waals surface area contributed by atoms with Gasteiger partial charge in [0.1, 0.15) is 5.82 Å². The highest BCUT2D eigenvalue weighted by atomic mass is 32.2. The molecule has 1 aliphatic carbocycles. The molecule has 1 aliphatic heterocycles. The molecule has 154 valence electrons. The molecule has 0 unspecified atom stereocenters. The standard InChI is InChI=1S/C21H24FN3O3S/c22-18-5-8-20(9-6-18)29(27,28)25-12-10-24(11-13-25)15-21(26)23-19-7-4-16-2-1-3-17(16)14-19/h4-9,14H,1-3,10-13,15H2,(H,23,26). The number of benzene rings is 2. The number of nitrogens with zero attached hydrogens (tertiary/aromatic N) is 2. The lowest BCUT2D eigenvalue weighted by molar-refractivity contribution is -0.117. The van der Waals surface area contributed by atoms with Crippen molar-refractivity contribution in [3.63, 3.8) is 0 Å². The van der Waals surface area contributed by atoms with Crippen LogP contribution in [0.1, 0.15) is 17.5 Å². The molecule has 1 N–H and O–H groups in total. The van der Waals surface area contributed by atoms with Crippen molar-refractivity contribution in [1.82, 2.24) is 9.21 Å². The van der Waals surface area contributed by atoms with Gasteiger partial charge in [0.25, 0.3) is 0 Å². The second kappa shape index (κ2) is 8.22. The number of amides is 1. The molecule has 2 aromatic rings. The topological polar surface area (TPSA) is 69.7 Å². The van der Waals surface area contributed by atoms with E-state index in [1.807, 2.05) is 17.0 Å². The zero-order valence-electron chi connectivity index (χ0n) is 16.1. The van der Waals surface area contributed by atoms with Crippen molar-refractivity contribution in [1.29, 1.82) is 0 Å². The Morgan fingerprint density at radius 1 is 0.966 bits per heavy atom. The van der Waals surface area contributed by atoms with Gasteiger partial charge in [0.2, 0.25) is 15.9 Å². The Kier molecular flexibility index (Phi) is 5.67. The predicted molar refractivity (Wildman–Crippen MR) is 109 cm³/mol. The third-order valence-corrected chi connectivity index (χ3v) is 7.45. The number of piperazine rings is 1. The van der Waals surface area contributed by atoms with Gasteiger partial charge >= 0.3 is 0 Å². The summed E-state index contributed by atoms with van der Waals surface area (Å²) >= 11 is 0. The van der Waals surface area contributed by atoms with Crippen molar-refractivity contribution in [3.8, 4) is 0 Å². The number of fused-ring (bicyclic) bond motifs is 1. The second-order valence-electron chi connectivity index (χ2n) is 7.52. The van der Waals surface area contributed by atoms with E-state index >= 15 is 0 Å². The fourth-order valence-corrected chi connectivity index (χ4v) is 5.36. The van der Waals surface area contributed by atoms with Crippen molar-refractivity contribution in [2.75, 3.05) is 38.0 Å². The minimum Gasteiger partial charge on any atom is -0.325 e. The van der Waals surface area contributed by atoms with E-state index in [0.29, 0.717) is 26.2 Å². The zero-order chi connectivity index (χ0) is 20.4. The van der Waals surface area contributed by atoms with Gasteiger partial charge < -0.3 is 5.32 Å². The van der Waals surface area contributed by atoms with Crippen LogP contribution in [-0.4, -0.2) is 56.3 Å². The number of carbonyl (C=O) groups is 1. The first-order valence-electron chi connectivity index (χ1n) is 9.81. The van der Waals surface area contributed by atoms with Crippen LogP contribution in [-0.2, 0) is 27.7 Å². The van der Waals surface area contributed by atoms with Gasteiger partial charge in [0.15, 0.2) is 0 Å². The molecular formula is C21H24FN3O3S. The smallest absolute Gasteiger partial charge is 0.243 e. The van der Waals surface area contributed by atoms with E-state index in [4.69, 9.17) is 0 Å². The summed E-state index contributed by atoms with van der Waals surface area (Å²) < 4.78 is 39.8. The summed E-state index contributed by atoms with van der Waals surface area (Å²) in [4.78, 5) is 14.4. The van der Waals surface area contributed by atoms with Gasteiger partial charge in [-0.15, -0.1) is 0 Å². The summed E-state index contributed by atoms with van der Waals surface area (Å²) in [6.07, 6.45) is 3.33. The van der Waals surface area contributed by atoms with Crippen LogP contribution in [0.15, 0.2) is 47.4 Å². The van der Waals surface area contributed by atoms with Crippen molar-refractivity contribution in [2.45, 2.75) is 24.2 Å². The van der Waals surface area contributed by atoms with Crippen LogP contribution >= 0.6 is 0 Å². The lowest BCUT2D eigenvalue weighted by atomic mass is 10.1. The van der Waals surface area contributed by atoms with Crippen molar-refractivity contribution in [3.05, 3.63) is 59.4 Å². The molecule has 6 nitrogen and oxygen atoms in total. The van der Waals surface area contributed by atoms with E-state index in [2.05, 4.69) is 11.4 Å². The minimum atomic E-state index is -3.65. The molecule has 0 saturated carbocycles. The molecule has 1 heterocycles. The molecule has 8 heteroatoms. The molecule has 0 aromatic heterocycles. The number of aryl methyl sites for hydroxylation is 2. The quantitative estimate of drug-likeness (QED) is 0.810. The minimum absolute atomic E-state index is 0.0849. The first-order chi connectivity index (χ1) is 13.9. The largest absolute Gasteiger partial charge is 0.325 e. The zero-order valence-corrected chi connectivity index (χ0v) is 16.9. The fourth-order valence-electron chi connectivity index (χ4n) is 3.94. The Balaban J connectivity index is 1.30. The average Bonchev–Trinajstić information content (AvgIpc) is 3.16. The molecule has 0 atom stereocenters. The van der Waals surface area contributed by atoms with Gasteiger partial charge in [-0.2, -0.15) is 4.31 Å². The van der Waals surface area contributed by atoms with E-state index < -0.39 is 15.8 Å². The maximum Gasteiger partial charge on any atom is 0.243 e. The number of sulfonamides is 1. The predicted octanol–water partition coefficient (Wildman–Crippen LogP) is 2.26. The Bertz CT molecular complexity index is 1000. The lowest BCUT2D eigenvalue weighted by Crippen LogP contribution is -2.50. The summed E-state index contributed by atoms with van der Waals surface area (Å²) in [5, 5.41) is 2.94. The Morgan fingerprint density at radius 3 is 2.38 bits per heavy atom. The van der Waals surface area contributed by atoms with Crippen molar-refractivity contribution in [2.24, 2.45) is 0 Å². The molecule has 0 spiro atoms. The van der Waals surface area contributed by atoms with E-state index in [1.165, 1.54) is 27.6 Å². The monoisotopic (exact) mass is 417 g/mol. The number of hydrogen-bond donors (Lipinski definition) is 1. The Labute approximate surface area is 170 Å². The fraction of sp³-hybridized carbons (Fsp3) is 0.381. The van der Waals surface area contributed by atoms with Gasteiger partial charge in [0.05, 0.1) is 11.4 Å². The summed E-state index contributed by atoms with van der Waals surface area (Å²) in [7, 11) is -3.65. The van der Waals surface area contributed by atoms with Gasteiger partial charge in [-0.1, -0.05) is 6.07 Å². The molecule has 29 heavy (non-hydrogen) atoms. The third-order valence-electron chi connectivity index (χ3n) is 5.53. The normalized spacial score (nSPS) is 17.8. The number of anilines is 1. The van der Waals surface area contributed by atoms with Crippen LogP contribution in [0.2, 0.25) is 0 Å². The molecular weight excluding hydrogens is 393 g/mol. The lowest BCUT2D eigenvalue weighted by Gasteiger charge is -2.33. The van der Waals surface area contributed by atoms with Crippen LogP contribution in [0, 0.1) is 5.82 Å². The van der Waals surface area contributed by atoms with Crippen LogP contribution in [0.3, 0.4) is 0 Å². The Morgan fingerprint density at radius 2 is 1.66 bits per heavy atom. The molecule has 1 fully saturated rings. The molecule has 0 radical (unpaired) electrons. The maximum absolute atomic E-state index is 13.1. The summed E-state index contributed by atoms with van der Waals surface area (Å²) in [5.74, 6) is -0.569. The van der Waals surface area contributed by atoms with E-state index in [0.717, 1.165) is 37.1 Å². The molecule has 4 rings (SSSR count). The number of rotatable bonds is 5. The number of hydrogen-bond acceptors (Lipinski definition) is 4. The van der Waals surface area contributed by atoms with Crippen LogP contribution in [0.4, 0.5) is 10.1 Å². The van der Waals surface area contributed by atoms with Crippen LogP contribution in [0.5, 0.6) is 0 Å². The highest BCUT2D eigenvalue weighted by molar-refractivity contribution is 7.89. The van der Waals surface area contributed by atoms with Gasteiger partial charge in [-0.25, -0.2) is 12.8 Å². The molecule has 1 amide bonds. The van der Waals surface area contributed by atoms with Gasteiger partial charge in [-0.05, 0) is 66.8 Å². The summed E-state index contributed by atoms with van der Waals surface area (Å²) in [6, 6.07) is 10.9. The van der Waals surface area contributed by atoms with Crippen LogP contribution in [0.25, 0.3) is 0 Å². The highest BCUT2D eigenvalue weighted by Gasteiger charge is 2.29. The van der Waals surface area contributed by atoms with E-state index in [-0.39, 0.29) is 17.3 Å². The van der Waals surface area contributed by atoms with Crippen molar-refractivity contribution >= 4 is 21.6 Å². The van der Waals surface area contributed by atoms with Gasteiger partial charge in [-0.3, -0.25) is 9.69 Å². The number of carbonyl (C=O) groups excluding carboxylic acids is 1. The third kappa shape index (κ3) is 4.49. The van der Waals surface area contributed by atoms with E-state index in [9.17, 15) is 17.6 Å². The van der Waals surface area contributed by atoms with Crippen molar-refractivity contribution < 1.29 is 17.6 Å². The number of halogens is 1. The average molecular weight is 418 g/mol. The second-order valence-corrected chi connectivity index (χ2v) is 9.46. The SMILES string of the molecule is O=C(CN1CCN(S(=O)(=O)c2ccc(F)cc2)CC1)Nc1ccc2c(c1)CCC2.